The largest absolute Gasteiger partial charge is 0.336 e. The zero-order valence-corrected chi connectivity index (χ0v) is 17.9. The molecule has 0 atom stereocenters. The molecule has 0 aliphatic carbocycles. The SMILES string of the molecule is Cc1cccc(-n2c(=O)c3sccc3n(CC(=O)N(C)c3cccc(Cl)c3)c2=O)c1. The molecule has 0 fully saturated rings. The van der Waals surface area contributed by atoms with Crippen molar-refractivity contribution < 1.29 is 4.79 Å². The summed E-state index contributed by atoms with van der Waals surface area (Å²) in [4.78, 5) is 40.7. The summed E-state index contributed by atoms with van der Waals surface area (Å²) in [6.45, 7) is 1.68. The van der Waals surface area contributed by atoms with Crippen LogP contribution in [0.1, 0.15) is 5.56 Å². The molecule has 0 bridgehead atoms. The quantitative estimate of drug-likeness (QED) is 0.485. The molecular formula is C22H18ClN3O3S. The monoisotopic (exact) mass is 439 g/mol. The summed E-state index contributed by atoms with van der Waals surface area (Å²) in [6.07, 6.45) is 0. The van der Waals surface area contributed by atoms with E-state index in [1.165, 1.54) is 20.8 Å². The molecular weight excluding hydrogens is 422 g/mol. The van der Waals surface area contributed by atoms with E-state index < -0.39 is 5.69 Å². The molecule has 0 N–H and O–H groups in total. The molecule has 2 heterocycles. The van der Waals surface area contributed by atoms with E-state index >= 15 is 0 Å². The number of aryl methyl sites for hydroxylation is 1. The number of aromatic nitrogens is 2. The lowest BCUT2D eigenvalue weighted by Gasteiger charge is -2.19. The molecule has 4 rings (SSSR count). The van der Waals surface area contributed by atoms with Crippen molar-refractivity contribution in [1.29, 1.82) is 0 Å². The number of benzene rings is 2. The number of amides is 1. The first-order valence-electron chi connectivity index (χ1n) is 9.19. The van der Waals surface area contributed by atoms with E-state index in [0.717, 1.165) is 10.1 Å². The Hall–Kier alpha value is -3.16. The Kier molecular flexibility index (Phi) is 5.32. The van der Waals surface area contributed by atoms with Gasteiger partial charge in [0.2, 0.25) is 5.91 Å². The third-order valence-corrected chi connectivity index (χ3v) is 6.00. The fourth-order valence-corrected chi connectivity index (χ4v) is 4.31. The number of fused-ring (bicyclic) bond motifs is 1. The number of anilines is 1. The fourth-order valence-electron chi connectivity index (χ4n) is 3.30. The normalized spacial score (nSPS) is 11.0. The van der Waals surface area contributed by atoms with Gasteiger partial charge < -0.3 is 4.90 Å². The zero-order chi connectivity index (χ0) is 21.4. The molecule has 0 radical (unpaired) electrons. The van der Waals surface area contributed by atoms with Crippen molar-refractivity contribution >= 4 is 44.7 Å². The summed E-state index contributed by atoms with van der Waals surface area (Å²) in [5.74, 6) is -0.304. The van der Waals surface area contributed by atoms with Crippen molar-refractivity contribution in [3.63, 3.8) is 0 Å². The highest BCUT2D eigenvalue weighted by Crippen LogP contribution is 2.20. The molecule has 152 valence electrons. The third-order valence-electron chi connectivity index (χ3n) is 4.88. The highest BCUT2D eigenvalue weighted by Gasteiger charge is 2.19. The summed E-state index contributed by atoms with van der Waals surface area (Å²) in [5.41, 5.74) is 1.53. The fraction of sp³-hybridized carbons (Fsp3) is 0.136. The Morgan fingerprint density at radius 3 is 2.60 bits per heavy atom. The van der Waals surface area contributed by atoms with E-state index in [1.54, 1.807) is 61.0 Å². The predicted molar refractivity (Wildman–Crippen MR) is 121 cm³/mol. The van der Waals surface area contributed by atoms with Crippen LogP contribution in [0.25, 0.3) is 15.9 Å². The average molecular weight is 440 g/mol. The highest BCUT2D eigenvalue weighted by atomic mass is 35.5. The van der Waals surface area contributed by atoms with Crippen LogP contribution in [0.5, 0.6) is 0 Å². The van der Waals surface area contributed by atoms with E-state index in [-0.39, 0.29) is 18.0 Å². The van der Waals surface area contributed by atoms with Crippen LogP contribution in [0.2, 0.25) is 5.02 Å². The Morgan fingerprint density at radius 2 is 1.87 bits per heavy atom. The van der Waals surface area contributed by atoms with E-state index in [9.17, 15) is 14.4 Å². The number of rotatable bonds is 4. The van der Waals surface area contributed by atoms with Crippen LogP contribution in [-0.4, -0.2) is 22.1 Å². The van der Waals surface area contributed by atoms with E-state index in [2.05, 4.69) is 0 Å². The number of hydrogen-bond acceptors (Lipinski definition) is 4. The van der Waals surface area contributed by atoms with Crippen LogP contribution in [0.4, 0.5) is 5.69 Å². The van der Waals surface area contributed by atoms with Crippen LogP contribution in [0, 0.1) is 6.92 Å². The van der Waals surface area contributed by atoms with Crippen molar-refractivity contribution in [2.45, 2.75) is 13.5 Å². The molecule has 0 aliphatic heterocycles. The molecule has 4 aromatic rings. The Morgan fingerprint density at radius 1 is 1.10 bits per heavy atom. The Labute approximate surface area is 181 Å². The number of halogens is 1. The molecule has 0 saturated heterocycles. The van der Waals surface area contributed by atoms with Gasteiger partial charge in [0.05, 0.1) is 11.2 Å². The standard InChI is InChI=1S/C22H18ClN3O3S/c1-14-5-3-8-17(11-14)26-21(28)20-18(9-10-30-20)25(22(26)29)13-19(27)24(2)16-7-4-6-15(23)12-16/h3-12H,13H2,1-2H3. The molecule has 0 aliphatic rings. The van der Waals surface area contributed by atoms with Crippen LogP contribution >= 0.6 is 22.9 Å². The topological polar surface area (TPSA) is 64.3 Å². The first-order valence-corrected chi connectivity index (χ1v) is 10.4. The maximum Gasteiger partial charge on any atom is 0.336 e. The van der Waals surface area contributed by atoms with Gasteiger partial charge in [-0.05, 0) is 54.3 Å². The summed E-state index contributed by atoms with van der Waals surface area (Å²) in [5, 5.41) is 2.26. The van der Waals surface area contributed by atoms with Crippen LogP contribution in [0.3, 0.4) is 0 Å². The lowest BCUT2D eigenvalue weighted by atomic mass is 10.2. The minimum Gasteiger partial charge on any atom is -0.314 e. The van der Waals surface area contributed by atoms with Gasteiger partial charge in [0, 0.05) is 17.8 Å². The van der Waals surface area contributed by atoms with Crippen molar-refractivity contribution in [2.75, 3.05) is 11.9 Å². The lowest BCUT2D eigenvalue weighted by molar-refractivity contribution is -0.118. The van der Waals surface area contributed by atoms with Crippen LogP contribution in [-0.2, 0) is 11.3 Å². The average Bonchev–Trinajstić information content (AvgIpc) is 3.21. The minimum absolute atomic E-state index is 0.207. The number of hydrogen-bond donors (Lipinski definition) is 0. The van der Waals surface area contributed by atoms with Gasteiger partial charge >= 0.3 is 5.69 Å². The molecule has 0 unspecified atom stereocenters. The van der Waals surface area contributed by atoms with E-state index in [4.69, 9.17) is 11.6 Å². The molecule has 2 aromatic heterocycles. The summed E-state index contributed by atoms with van der Waals surface area (Å²) >= 11 is 7.28. The Bertz CT molecular complexity index is 1390. The van der Waals surface area contributed by atoms with Gasteiger partial charge in [0.1, 0.15) is 11.2 Å². The van der Waals surface area contributed by atoms with Crippen molar-refractivity contribution in [2.24, 2.45) is 0 Å². The zero-order valence-electron chi connectivity index (χ0n) is 16.3. The second kappa shape index (κ2) is 7.93. The summed E-state index contributed by atoms with van der Waals surface area (Å²) < 4.78 is 2.89. The highest BCUT2D eigenvalue weighted by molar-refractivity contribution is 7.17. The molecule has 0 saturated carbocycles. The van der Waals surface area contributed by atoms with E-state index in [1.807, 2.05) is 13.0 Å². The molecule has 0 spiro atoms. The number of nitrogens with zero attached hydrogens (tertiary/aromatic N) is 3. The maximum atomic E-state index is 13.3. The summed E-state index contributed by atoms with van der Waals surface area (Å²) in [6, 6.07) is 15.8. The smallest absolute Gasteiger partial charge is 0.314 e. The van der Waals surface area contributed by atoms with Gasteiger partial charge in [-0.25, -0.2) is 9.36 Å². The molecule has 1 amide bonds. The molecule has 30 heavy (non-hydrogen) atoms. The second-order valence-electron chi connectivity index (χ2n) is 6.92. The number of thiophene rings is 1. The number of carbonyl (C=O) groups excluding carboxylic acids is 1. The van der Waals surface area contributed by atoms with Crippen LogP contribution < -0.4 is 16.1 Å². The van der Waals surface area contributed by atoms with Crippen molar-refractivity contribution in [3.8, 4) is 5.69 Å². The maximum absolute atomic E-state index is 13.3. The number of likely N-dealkylation sites (N-methyl/N-ethyl adjacent to an activating group) is 1. The Balaban J connectivity index is 1.83. The first-order chi connectivity index (χ1) is 14.4. The lowest BCUT2D eigenvalue weighted by Crippen LogP contribution is -2.41. The predicted octanol–water partition coefficient (Wildman–Crippen LogP) is 3.84. The van der Waals surface area contributed by atoms with Gasteiger partial charge in [-0.2, -0.15) is 0 Å². The van der Waals surface area contributed by atoms with Crippen LogP contribution in [0.15, 0.2) is 69.6 Å². The summed E-state index contributed by atoms with van der Waals surface area (Å²) in [7, 11) is 1.63. The third kappa shape index (κ3) is 3.58. The molecule has 8 heteroatoms. The van der Waals surface area contributed by atoms with Gasteiger partial charge in [0.15, 0.2) is 0 Å². The van der Waals surface area contributed by atoms with Gasteiger partial charge in [-0.3, -0.25) is 14.2 Å². The molecule has 2 aromatic carbocycles. The van der Waals surface area contributed by atoms with Crippen molar-refractivity contribution in [1.82, 2.24) is 9.13 Å². The van der Waals surface area contributed by atoms with Gasteiger partial charge in [-0.15, -0.1) is 11.3 Å². The van der Waals surface area contributed by atoms with Crippen molar-refractivity contribution in [3.05, 3.63) is 91.4 Å². The van der Waals surface area contributed by atoms with Gasteiger partial charge in [0.25, 0.3) is 5.56 Å². The number of carbonyl (C=O) groups is 1. The first kappa shape index (κ1) is 20.1. The van der Waals surface area contributed by atoms with Gasteiger partial charge in [-0.1, -0.05) is 29.8 Å². The second-order valence-corrected chi connectivity index (χ2v) is 8.27. The van der Waals surface area contributed by atoms with E-state index in [0.29, 0.717) is 26.6 Å². The minimum atomic E-state index is -0.552. The molecule has 6 nitrogen and oxygen atoms in total.